The van der Waals surface area contributed by atoms with Gasteiger partial charge in [-0.25, -0.2) is 9.48 Å². The number of carboxylic acids is 1. The van der Waals surface area contributed by atoms with E-state index in [9.17, 15) is 18.0 Å². The van der Waals surface area contributed by atoms with Gasteiger partial charge in [0.2, 0.25) is 5.88 Å². The van der Waals surface area contributed by atoms with Crippen molar-refractivity contribution in [1.82, 2.24) is 15.1 Å². The molecule has 1 aliphatic heterocycles. The summed E-state index contributed by atoms with van der Waals surface area (Å²) in [5, 5.41) is 15.7. The Bertz CT molecular complexity index is 722. The van der Waals surface area contributed by atoms with Gasteiger partial charge in [-0.3, -0.25) is 0 Å². The average molecular weight is 364 g/mol. The summed E-state index contributed by atoms with van der Waals surface area (Å²) in [7, 11) is 0. The van der Waals surface area contributed by atoms with Gasteiger partial charge in [0, 0.05) is 12.3 Å². The van der Waals surface area contributed by atoms with E-state index < -0.39 is 29.7 Å². The first-order valence-corrected chi connectivity index (χ1v) is 7.47. The normalized spacial score (nSPS) is 22.2. The van der Waals surface area contributed by atoms with Crippen LogP contribution in [0.25, 0.3) is 5.82 Å². The van der Waals surface area contributed by atoms with Gasteiger partial charge >= 0.3 is 12.1 Å². The van der Waals surface area contributed by atoms with Crippen molar-refractivity contribution < 1.29 is 27.8 Å². The molecule has 10 heteroatoms. The van der Waals surface area contributed by atoms with Crippen LogP contribution in [-0.4, -0.2) is 39.1 Å². The van der Waals surface area contributed by atoms with E-state index in [4.69, 9.17) is 21.4 Å². The summed E-state index contributed by atoms with van der Waals surface area (Å²) in [6.45, 7) is -0.471. The largest absolute Gasteiger partial charge is 0.478 e. The second kappa shape index (κ2) is 5.73. The molecule has 0 saturated heterocycles. The van der Waals surface area contributed by atoms with Crippen LogP contribution in [0.4, 0.5) is 13.2 Å². The number of rotatable bonds is 5. The smallest absolute Gasteiger partial charge is 0.397 e. The molecule has 1 aromatic rings. The zero-order valence-corrected chi connectivity index (χ0v) is 12.9. The fourth-order valence-corrected chi connectivity index (χ4v) is 2.50. The highest BCUT2D eigenvalue weighted by atomic mass is 35.5. The summed E-state index contributed by atoms with van der Waals surface area (Å²) in [4.78, 5) is 10.9. The predicted octanol–water partition coefficient (Wildman–Crippen LogP) is 2.58. The van der Waals surface area contributed by atoms with Gasteiger partial charge in [-0.05, 0) is 25.0 Å². The first-order valence-electron chi connectivity index (χ1n) is 7.03. The van der Waals surface area contributed by atoms with Crippen LogP contribution in [-0.2, 0) is 4.79 Å². The fraction of sp³-hybridized carbons (Fsp3) is 0.429. The van der Waals surface area contributed by atoms with Crippen LogP contribution in [0, 0.1) is 5.41 Å². The van der Waals surface area contributed by atoms with Gasteiger partial charge < -0.3 is 15.2 Å². The number of carboxylic acid groups (broad SMARTS) is 1. The molecule has 130 valence electrons. The van der Waals surface area contributed by atoms with Crippen molar-refractivity contribution in [2.45, 2.75) is 24.5 Å². The van der Waals surface area contributed by atoms with Crippen LogP contribution in [0.15, 0.2) is 30.0 Å². The Morgan fingerprint density at radius 2 is 2.21 bits per heavy atom. The summed E-state index contributed by atoms with van der Waals surface area (Å²) < 4.78 is 45.0. The third kappa shape index (κ3) is 3.08. The molecule has 6 nitrogen and oxygen atoms in total. The van der Waals surface area contributed by atoms with Crippen molar-refractivity contribution in [2.75, 3.05) is 6.61 Å². The third-order valence-electron chi connectivity index (χ3n) is 3.98. The van der Waals surface area contributed by atoms with Gasteiger partial charge in [0.1, 0.15) is 23.3 Å². The van der Waals surface area contributed by atoms with E-state index in [1.54, 1.807) is 0 Å². The van der Waals surface area contributed by atoms with Gasteiger partial charge in [0.15, 0.2) is 0 Å². The van der Waals surface area contributed by atoms with Gasteiger partial charge in [0.25, 0.3) is 0 Å². The maximum absolute atomic E-state index is 12.8. The van der Waals surface area contributed by atoms with E-state index in [-0.39, 0.29) is 24.3 Å². The van der Waals surface area contributed by atoms with E-state index in [1.165, 1.54) is 29.1 Å². The maximum Gasteiger partial charge on any atom is 0.397 e. The van der Waals surface area contributed by atoms with E-state index in [2.05, 4.69) is 10.4 Å². The van der Waals surface area contributed by atoms with Crippen molar-refractivity contribution in [3.05, 3.63) is 30.0 Å². The Labute approximate surface area is 139 Å². The van der Waals surface area contributed by atoms with Gasteiger partial charge in [-0.1, -0.05) is 11.6 Å². The molecule has 1 saturated carbocycles. The zero-order valence-electron chi connectivity index (χ0n) is 12.2. The lowest BCUT2D eigenvalue weighted by molar-refractivity contribution is -0.194. The highest BCUT2D eigenvalue weighted by Crippen LogP contribution is 2.57. The van der Waals surface area contributed by atoms with E-state index >= 15 is 0 Å². The van der Waals surface area contributed by atoms with Gasteiger partial charge in [-0.15, -0.1) is 5.10 Å². The Hall–Kier alpha value is -2.16. The van der Waals surface area contributed by atoms with Crippen molar-refractivity contribution >= 4 is 23.4 Å². The highest BCUT2D eigenvalue weighted by Gasteiger charge is 2.63. The van der Waals surface area contributed by atoms with Crippen molar-refractivity contribution in [3.63, 3.8) is 0 Å². The molecule has 24 heavy (non-hydrogen) atoms. The fourth-order valence-electron chi connectivity index (χ4n) is 2.22. The molecule has 0 amide bonds. The molecule has 2 N–H and O–H groups in total. The lowest BCUT2D eigenvalue weighted by atomic mass is 10.1. The molecule has 1 fully saturated rings. The van der Waals surface area contributed by atoms with Gasteiger partial charge in [0.05, 0.1) is 5.57 Å². The van der Waals surface area contributed by atoms with Crippen molar-refractivity contribution in [3.8, 4) is 5.88 Å². The molecule has 0 radical (unpaired) electrons. The Morgan fingerprint density at radius 3 is 2.75 bits per heavy atom. The topological polar surface area (TPSA) is 76.4 Å². The number of halogens is 4. The second-order valence-electron chi connectivity index (χ2n) is 5.65. The number of carbonyl (C=O) groups is 1. The molecule has 0 spiro atoms. The number of nitrogens with one attached hydrogen (secondary N) is 1. The molecular formula is C14H13ClF3N3O3. The quantitative estimate of drug-likeness (QED) is 0.621. The Kier molecular flexibility index (Phi) is 3.98. The number of aliphatic carboxylic acids is 1. The van der Waals surface area contributed by atoms with Gasteiger partial charge in [-0.2, -0.15) is 13.2 Å². The molecule has 1 unspecified atom stereocenters. The summed E-state index contributed by atoms with van der Waals surface area (Å²) in [6.07, 6.45) is 0.0900. The molecule has 1 atom stereocenters. The van der Waals surface area contributed by atoms with E-state index in [1.807, 2.05) is 0 Å². The lowest BCUT2D eigenvalue weighted by Crippen LogP contribution is -2.32. The SMILES string of the molecule is O=C(O)C1=CC=C(n2ccc(OCC3(C(F)(F)F)CC3)n2)NC1Cl. The number of alkyl halides is 4. The lowest BCUT2D eigenvalue weighted by Gasteiger charge is -2.20. The Morgan fingerprint density at radius 1 is 1.50 bits per heavy atom. The summed E-state index contributed by atoms with van der Waals surface area (Å²) in [5.74, 6) is -0.719. The minimum atomic E-state index is -4.28. The molecular weight excluding hydrogens is 351 g/mol. The van der Waals surface area contributed by atoms with Crippen molar-refractivity contribution in [2.24, 2.45) is 5.41 Å². The molecule has 3 rings (SSSR count). The van der Waals surface area contributed by atoms with Crippen LogP contribution in [0.3, 0.4) is 0 Å². The molecule has 2 aliphatic rings. The number of ether oxygens (including phenoxy) is 1. The van der Waals surface area contributed by atoms with Crippen LogP contribution in [0.2, 0.25) is 0 Å². The van der Waals surface area contributed by atoms with Crippen molar-refractivity contribution in [1.29, 1.82) is 0 Å². The number of hydrogen-bond acceptors (Lipinski definition) is 4. The zero-order chi connectivity index (χ0) is 17.5. The van der Waals surface area contributed by atoms with Crippen LogP contribution in [0.5, 0.6) is 5.88 Å². The Balaban J connectivity index is 1.68. The number of hydrogen-bond donors (Lipinski definition) is 2. The third-order valence-corrected chi connectivity index (χ3v) is 4.32. The first-order chi connectivity index (χ1) is 11.2. The minimum Gasteiger partial charge on any atom is -0.478 e. The predicted molar refractivity (Wildman–Crippen MR) is 78.2 cm³/mol. The summed E-state index contributed by atoms with van der Waals surface area (Å²) >= 11 is 5.91. The van der Waals surface area contributed by atoms with Crippen LogP contribution >= 0.6 is 11.6 Å². The van der Waals surface area contributed by atoms with E-state index in [0.29, 0.717) is 5.82 Å². The number of allylic oxidation sites excluding steroid dienone is 2. The van der Waals surface area contributed by atoms with E-state index in [0.717, 1.165) is 0 Å². The first kappa shape index (κ1) is 16.7. The number of dihydropyridines is 1. The average Bonchev–Trinajstić information content (AvgIpc) is 3.16. The van der Waals surface area contributed by atoms with Crippen LogP contribution in [0.1, 0.15) is 12.8 Å². The maximum atomic E-state index is 12.8. The molecule has 1 aromatic heterocycles. The number of aromatic nitrogens is 2. The minimum absolute atomic E-state index is 0.0232. The monoisotopic (exact) mass is 363 g/mol. The summed E-state index contributed by atoms with van der Waals surface area (Å²) in [5.41, 5.74) is -2.74. The number of nitrogens with zero attached hydrogens (tertiary/aromatic N) is 2. The molecule has 1 aliphatic carbocycles. The molecule has 2 heterocycles. The highest BCUT2D eigenvalue weighted by molar-refractivity contribution is 6.25. The standard InChI is InChI=1S/C14H13ClF3N3O3/c15-11-8(12(22)23)1-2-9(19-11)21-6-3-10(20-21)24-7-13(4-5-13)14(16,17)18/h1-3,6,11,19H,4-5,7H2,(H,22,23). The molecule has 0 aromatic carbocycles. The second-order valence-corrected chi connectivity index (χ2v) is 6.09. The molecule has 0 bridgehead atoms. The van der Waals surface area contributed by atoms with Crippen LogP contribution < -0.4 is 10.1 Å². The summed E-state index contributed by atoms with van der Waals surface area (Å²) in [6, 6.07) is 1.43.